The lowest BCUT2D eigenvalue weighted by molar-refractivity contribution is 0.0800. The maximum absolute atomic E-state index is 10.5. The summed E-state index contributed by atoms with van der Waals surface area (Å²) < 4.78 is 0. The number of phenolic OH excluding ortho intramolecular Hbond substituents is 1. The second kappa shape index (κ2) is 4.42. The van der Waals surface area contributed by atoms with Crippen molar-refractivity contribution in [2.45, 2.75) is 50.0 Å². The first-order valence-corrected chi connectivity index (χ1v) is 8.49. The van der Waals surface area contributed by atoms with Crippen LogP contribution in [-0.2, 0) is 11.8 Å². The van der Waals surface area contributed by atoms with Crippen molar-refractivity contribution in [1.29, 1.82) is 0 Å². The molecule has 1 aromatic carbocycles. The van der Waals surface area contributed by atoms with E-state index in [0.717, 1.165) is 24.4 Å². The molecule has 3 aliphatic rings. The maximum atomic E-state index is 10.5. The topological polar surface area (TPSA) is 58.0 Å². The Hall–Kier alpha value is -1.68. The van der Waals surface area contributed by atoms with E-state index in [4.69, 9.17) is 0 Å². The zero-order chi connectivity index (χ0) is 14.7. The maximum Gasteiger partial charge on any atom is 0.143 e. The molecule has 0 amide bonds. The molecule has 1 aliphatic heterocycles. The summed E-state index contributed by atoms with van der Waals surface area (Å²) in [5.74, 6) is 1.02. The van der Waals surface area contributed by atoms with E-state index in [1.54, 1.807) is 12.4 Å². The number of fused-ring (bicyclic) bond motifs is 3. The molecule has 4 nitrogen and oxygen atoms in total. The minimum Gasteiger partial charge on any atom is -0.506 e. The molecular weight excluding hydrogens is 274 g/mol. The number of hydrogen-bond acceptors (Lipinski definition) is 4. The molecule has 3 atom stereocenters. The Morgan fingerprint density at radius 2 is 2.00 bits per heavy atom. The number of rotatable bonds is 0. The Bertz CT molecular complexity index is 755. The number of hydrogen-bond donors (Lipinski definition) is 2. The molecule has 1 saturated heterocycles. The number of phenols is 1. The van der Waals surface area contributed by atoms with Gasteiger partial charge in [-0.15, -0.1) is 0 Å². The quantitative estimate of drug-likeness (QED) is 0.784. The number of benzene rings is 1. The van der Waals surface area contributed by atoms with Gasteiger partial charge in [-0.3, -0.25) is 4.98 Å². The molecule has 2 fully saturated rings. The van der Waals surface area contributed by atoms with Crippen LogP contribution in [0.2, 0.25) is 0 Å². The number of aromatic hydroxyl groups is 1. The van der Waals surface area contributed by atoms with Gasteiger partial charge in [0.25, 0.3) is 0 Å². The Morgan fingerprint density at radius 1 is 1.14 bits per heavy atom. The third-order valence-corrected chi connectivity index (χ3v) is 6.35. The summed E-state index contributed by atoms with van der Waals surface area (Å²) in [6, 6.07) is 2.59. The molecular formula is C18H21N3O. The summed E-state index contributed by atoms with van der Waals surface area (Å²) in [6.07, 6.45) is 10.9. The third-order valence-electron chi connectivity index (χ3n) is 6.35. The largest absolute Gasteiger partial charge is 0.506 e. The molecule has 5 rings (SSSR count). The second-order valence-corrected chi connectivity index (χ2v) is 7.20. The van der Waals surface area contributed by atoms with E-state index < -0.39 is 0 Å². The summed E-state index contributed by atoms with van der Waals surface area (Å²) in [6.45, 7) is 1.10. The normalized spacial score (nSPS) is 33.3. The summed E-state index contributed by atoms with van der Waals surface area (Å²) in [7, 11) is 0. The molecule has 2 aliphatic carbocycles. The van der Waals surface area contributed by atoms with Crippen molar-refractivity contribution in [3.8, 4) is 5.75 Å². The van der Waals surface area contributed by atoms with Crippen LogP contribution >= 0.6 is 0 Å². The lowest BCUT2D eigenvalue weighted by atomic mass is 9.52. The zero-order valence-corrected chi connectivity index (χ0v) is 12.7. The molecule has 2 N–H and O–H groups in total. The highest BCUT2D eigenvalue weighted by Gasteiger charge is 2.52. The third kappa shape index (κ3) is 1.51. The fourth-order valence-electron chi connectivity index (χ4n) is 5.51. The Morgan fingerprint density at radius 3 is 2.91 bits per heavy atom. The summed E-state index contributed by atoms with van der Waals surface area (Å²) >= 11 is 0. The molecule has 0 radical (unpaired) electrons. The van der Waals surface area contributed by atoms with E-state index in [-0.39, 0.29) is 5.41 Å². The minimum absolute atomic E-state index is 0.255. The van der Waals surface area contributed by atoms with E-state index in [1.807, 2.05) is 6.07 Å². The minimum atomic E-state index is 0.255. The first-order chi connectivity index (χ1) is 10.8. The van der Waals surface area contributed by atoms with Gasteiger partial charge in [-0.2, -0.15) is 0 Å². The lowest BCUT2D eigenvalue weighted by Crippen LogP contribution is -2.59. The van der Waals surface area contributed by atoms with E-state index >= 15 is 0 Å². The fraction of sp³-hybridized carbons (Fsp3) is 0.556. The molecule has 2 bridgehead atoms. The van der Waals surface area contributed by atoms with E-state index in [0.29, 0.717) is 17.3 Å². The van der Waals surface area contributed by atoms with E-state index in [1.165, 1.54) is 43.2 Å². The van der Waals surface area contributed by atoms with Crippen molar-refractivity contribution < 1.29 is 5.11 Å². The van der Waals surface area contributed by atoms with Crippen LogP contribution in [-0.4, -0.2) is 27.7 Å². The predicted molar refractivity (Wildman–Crippen MR) is 85.0 cm³/mol. The van der Waals surface area contributed by atoms with Gasteiger partial charge in [0.05, 0.1) is 5.52 Å². The van der Waals surface area contributed by atoms with Gasteiger partial charge in [0.2, 0.25) is 0 Å². The smallest absolute Gasteiger partial charge is 0.143 e. The Kier molecular flexibility index (Phi) is 2.57. The standard InChI is InChI=1S/C18H21N3O/c22-15-10-13-11(16-17(15)21-8-7-20-16)9-14-12-3-1-2-4-18(12,13)5-6-19-14/h7-8,10,12,14,19,22H,1-6,9H2/t12-,14+,18+/m1/s1. The lowest BCUT2D eigenvalue weighted by Gasteiger charge is -2.56. The van der Waals surface area contributed by atoms with Gasteiger partial charge in [-0.25, -0.2) is 4.98 Å². The van der Waals surface area contributed by atoms with Crippen LogP contribution in [0.25, 0.3) is 11.0 Å². The second-order valence-electron chi connectivity index (χ2n) is 7.20. The Labute approximate surface area is 130 Å². The molecule has 22 heavy (non-hydrogen) atoms. The monoisotopic (exact) mass is 295 g/mol. The van der Waals surface area contributed by atoms with Gasteiger partial charge < -0.3 is 10.4 Å². The molecule has 1 aromatic heterocycles. The molecule has 2 heterocycles. The average molecular weight is 295 g/mol. The molecule has 114 valence electrons. The van der Waals surface area contributed by atoms with E-state index in [2.05, 4.69) is 15.3 Å². The van der Waals surface area contributed by atoms with Gasteiger partial charge in [-0.1, -0.05) is 12.8 Å². The van der Waals surface area contributed by atoms with Gasteiger partial charge in [0.1, 0.15) is 11.3 Å². The highest BCUT2D eigenvalue weighted by Crippen LogP contribution is 2.55. The number of aromatic nitrogens is 2. The summed E-state index contributed by atoms with van der Waals surface area (Å²) in [4.78, 5) is 8.92. The number of nitrogens with one attached hydrogen (secondary N) is 1. The van der Waals surface area contributed by atoms with Gasteiger partial charge in [0.15, 0.2) is 0 Å². The molecule has 0 unspecified atom stereocenters. The molecule has 1 saturated carbocycles. The molecule has 4 heteroatoms. The number of nitrogens with zero attached hydrogens (tertiary/aromatic N) is 2. The zero-order valence-electron chi connectivity index (χ0n) is 12.7. The van der Waals surface area contributed by atoms with Gasteiger partial charge in [-0.05, 0) is 55.3 Å². The van der Waals surface area contributed by atoms with Crippen molar-refractivity contribution in [3.63, 3.8) is 0 Å². The first-order valence-electron chi connectivity index (χ1n) is 8.49. The van der Waals surface area contributed by atoms with Crippen molar-refractivity contribution in [2.24, 2.45) is 5.92 Å². The van der Waals surface area contributed by atoms with Crippen molar-refractivity contribution in [3.05, 3.63) is 29.6 Å². The Balaban J connectivity index is 1.83. The van der Waals surface area contributed by atoms with Crippen LogP contribution in [0.15, 0.2) is 18.5 Å². The fourth-order valence-corrected chi connectivity index (χ4v) is 5.51. The highest BCUT2D eigenvalue weighted by atomic mass is 16.3. The SMILES string of the molecule is Oc1cc2c(c3nccnc13)C[C@@H]1NCC[C@]23CCCC[C@H]13. The number of piperidine rings is 1. The van der Waals surface area contributed by atoms with Crippen LogP contribution in [0, 0.1) is 5.92 Å². The van der Waals surface area contributed by atoms with Crippen molar-refractivity contribution >= 4 is 11.0 Å². The predicted octanol–water partition coefficient (Wildman–Crippen LogP) is 2.68. The average Bonchev–Trinajstić information content (AvgIpc) is 2.56. The van der Waals surface area contributed by atoms with Crippen LogP contribution < -0.4 is 5.32 Å². The first kappa shape index (κ1) is 12.8. The highest BCUT2D eigenvalue weighted by molar-refractivity contribution is 5.86. The summed E-state index contributed by atoms with van der Waals surface area (Å²) in [5.41, 5.74) is 4.53. The van der Waals surface area contributed by atoms with Crippen LogP contribution in [0.5, 0.6) is 5.75 Å². The molecule has 0 spiro atoms. The van der Waals surface area contributed by atoms with Crippen LogP contribution in [0.4, 0.5) is 0 Å². The van der Waals surface area contributed by atoms with Crippen molar-refractivity contribution in [2.75, 3.05) is 6.54 Å². The van der Waals surface area contributed by atoms with Crippen LogP contribution in [0.3, 0.4) is 0 Å². The van der Waals surface area contributed by atoms with Gasteiger partial charge >= 0.3 is 0 Å². The van der Waals surface area contributed by atoms with Gasteiger partial charge in [0, 0.05) is 23.9 Å². The molecule has 2 aromatic rings. The summed E-state index contributed by atoms with van der Waals surface area (Å²) in [5, 5.41) is 14.2. The van der Waals surface area contributed by atoms with Crippen molar-refractivity contribution in [1.82, 2.24) is 15.3 Å². The van der Waals surface area contributed by atoms with E-state index in [9.17, 15) is 5.11 Å². The van der Waals surface area contributed by atoms with Crippen LogP contribution in [0.1, 0.15) is 43.2 Å².